The zero-order valence-electron chi connectivity index (χ0n) is 16.5. The minimum Gasteiger partial charge on any atom is -0.456 e. The second-order valence-electron chi connectivity index (χ2n) is 8.17. The molecule has 1 heterocycles. The van der Waals surface area contributed by atoms with Crippen molar-refractivity contribution in [2.24, 2.45) is 0 Å². The van der Waals surface area contributed by atoms with Gasteiger partial charge in [0.2, 0.25) is 0 Å². The van der Waals surface area contributed by atoms with E-state index in [-0.39, 0.29) is 5.41 Å². The Balaban J connectivity index is 1.82. The monoisotopic (exact) mass is 354 g/mol. The van der Waals surface area contributed by atoms with Crippen molar-refractivity contribution in [3.8, 4) is 22.5 Å². The Bertz CT molecular complexity index is 1060. The SMILES string of the molecule is CCc1c(-c2ccc(C(C)(C)C)cc2)oc2ccc(-c3ccccc3)cc12. The Morgan fingerprint density at radius 1 is 0.741 bits per heavy atom. The lowest BCUT2D eigenvalue weighted by Gasteiger charge is -2.19. The van der Waals surface area contributed by atoms with E-state index in [1.54, 1.807) is 0 Å². The molecule has 0 aliphatic heterocycles. The highest BCUT2D eigenvalue weighted by Crippen LogP contribution is 2.37. The van der Waals surface area contributed by atoms with Gasteiger partial charge in [0.1, 0.15) is 11.3 Å². The summed E-state index contributed by atoms with van der Waals surface area (Å²) >= 11 is 0. The Kier molecular flexibility index (Phi) is 4.39. The van der Waals surface area contributed by atoms with Crippen LogP contribution in [0.25, 0.3) is 33.4 Å². The summed E-state index contributed by atoms with van der Waals surface area (Å²) in [5.74, 6) is 0.998. The fourth-order valence-corrected chi connectivity index (χ4v) is 3.66. The van der Waals surface area contributed by atoms with E-state index in [4.69, 9.17) is 4.42 Å². The van der Waals surface area contributed by atoms with Gasteiger partial charge in [0.15, 0.2) is 0 Å². The van der Waals surface area contributed by atoms with Crippen molar-refractivity contribution < 1.29 is 4.42 Å². The van der Waals surface area contributed by atoms with Crippen LogP contribution < -0.4 is 0 Å². The van der Waals surface area contributed by atoms with E-state index in [2.05, 4.69) is 100 Å². The molecule has 0 aliphatic carbocycles. The molecule has 0 atom stereocenters. The first-order chi connectivity index (χ1) is 13.0. The molecular formula is C26H26O. The van der Waals surface area contributed by atoms with Gasteiger partial charge in [0.05, 0.1) is 0 Å². The molecule has 0 radical (unpaired) electrons. The summed E-state index contributed by atoms with van der Waals surface area (Å²) in [5, 5.41) is 1.22. The summed E-state index contributed by atoms with van der Waals surface area (Å²) in [5.41, 5.74) is 7.36. The van der Waals surface area contributed by atoms with Crippen LogP contribution in [0.15, 0.2) is 77.2 Å². The van der Waals surface area contributed by atoms with E-state index >= 15 is 0 Å². The average Bonchev–Trinajstić information content (AvgIpc) is 3.06. The number of aryl methyl sites for hydroxylation is 1. The first-order valence-corrected chi connectivity index (χ1v) is 9.69. The molecule has 1 heteroatoms. The van der Waals surface area contributed by atoms with Crippen LogP contribution in [0, 0.1) is 0 Å². The van der Waals surface area contributed by atoms with Gasteiger partial charge in [-0.1, -0.05) is 88.4 Å². The molecule has 0 amide bonds. The Hall–Kier alpha value is -2.80. The summed E-state index contributed by atoms with van der Waals surface area (Å²) < 4.78 is 6.29. The van der Waals surface area contributed by atoms with Gasteiger partial charge in [0.25, 0.3) is 0 Å². The molecule has 0 unspecified atom stereocenters. The van der Waals surface area contributed by atoms with Crippen LogP contribution in [-0.4, -0.2) is 0 Å². The third-order valence-electron chi connectivity index (χ3n) is 5.26. The van der Waals surface area contributed by atoms with Crippen molar-refractivity contribution in [1.82, 2.24) is 0 Å². The fraction of sp³-hybridized carbons (Fsp3) is 0.231. The van der Waals surface area contributed by atoms with Crippen molar-refractivity contribution in [1.29, 1.82) is 0 Å². The number of benzene rings is 3. The molecule has 0 saturated heterocycles. The van der Waals surface area contributed by atoms with Crippen molar-refractivity contribution in [3.63, 3.8) is 0 Å². The molecule has 4 aromatic rings. The molecule has 0 fully saturated rings. The lowest BCUT2D eigenvalue weighted by Crippen LogP contribution is -2.10. The number of hydrogen-bond donors (Lipinski definition) is 0. The summed E-state index contributed by atoms with van der Waals surface area (Å²) in [6.45, 7) is 8.93. The highest BCUT2D eigenvalue weighted by Gasteiger charge is 2.17. The summed E-state index contributed by atoms with van der Waals surface area (Å²) in [6, 6.07) is 25.8. The predicted octanol–water partition coefficient (Wildman–Crippen LogP) is 7.63. The maximum Gasteiger partial charge on any atom is 0.138 e. The standard InChI is InChI=1S/C26H26O/c1-5-22-23-17-20(18-9-7-6-8-10-18)13-16-24(23)27-25(22)19-11-14-21(15-12-19)26(2,3)4/h6-17H,5H2,1-4H3. The van der Waals surface area contributed by atoms with Crippen LogP contribution in [0.1, 0.15) is 38.8 Å². The lowest BCUT2D eigenvalue weighted by molar-refractivity contribution is 0.590. The Morgan fingerprint density at radius 3 is 2.04 bits per heavy atom. The smallest absolute Gasteiger partial charge is 0.138 e. The van der Waals surface area contributed by atoms with Crippen molar-refractivity contribution in [2.75, 3.05) is 0 Å². The van der Waals surface area contributed by atoms with Crippen molar-refractivity contribution >= 4 is 11.0 Å². The maximum atomic E-state index is 6.29. The Morgan fingerprint density at radius 2 is 1.41 bits per heavy atom. The van der Waals surface area contributed by atoms with Crippen molar-refractivity contribution in [2.45, 2.75) is 39.5 Å². The second kappa shape index (κ2) is 6.74. The number of rotatable bonds is 3. The van der Waals surface area contributed by atoms with Gasteiger partial charge >= 0.3 is 0 Å². The molecule has 0 saturated carbocycles. The predicted molar refractivity (Wildman–Crippen MR) is 115 cm³/mol. The number of hydrogen-bond acceptors (Lipinski definition) is 1. The average molecular weight is 354 g/mol. The zero-order valence-corrected chi connectivity index (χ0v) is 16.5. The lowest BCUT2D eigenvalue weighted by atomic mass is 9.86. The van der Waals surface area contributed by atoms with Crippen LogP contribution in [0.2, 0.25) is 0 Å². The van der Waals surface area contributed by atoms with Crippen LogP contribution in [-0.2, 0) is 11.8 Å². The van der Waals surface area contributed by atoms with Crippen LogP contribution in [0.3, 0.4) is 0 Å². The largest absolute Gasteiger partial charge is 0.456 e. The van der Waals surface area contributed by atoms with Crippen LogP contribution in [0.5, 0.6) is 0 Å². The van der Waals surface area contributed by atoms with Crippen LogP contribution >= 0.6 is 0 Å². The summed E-state index contributed by atoms with van der Waals surface area (Å²) in [4.78, 5) is 0. The number of fused-ring (bicyclic) bond motifs is 1. The normalized spacial score (nSPS) is 11.9. The van der Waals surface area contributed by atoms with E-state index in [0.29, 0.717) is 0 Å². The third-order valence-corrected chi connectivity index (χ3v) is 5.26. The minimum atomic E-state index is 0.157. The number of furan rings is 1. The van der Waals surface area contributed by atoms with E-state index in [0.717, 1.165) is 23.3 Å². The fourth-order valence-electron chi connectivity index (χ4n) is 3.66. The maximum absolute atomic E-state index is 6.29. The molecule has 27 heavy (non-hydrogen) atoms. The molecule has 0 N–H and O–H groups in total. The van der Waals surface area contributed by atoms with Gasteiger partial charge in [-0.05, 0) is 40.7 Å². The highest BCUT2D eigenvalue weighted by molar-refractivity contribution is 5.91. The molecule has 0 aliphatic rings. The summed E-state index contributed by atoms with van der Waals surface area (Å²) in [6.07, 6.45) is 0.946. The highest BCUT2D eigenvalue weighted by atomic mass is 16.3. The zero-order chi connectivity index (χ0) is 19.0. The first-order valence-electron chi connectivity index (χ1n) is 9.69. The molecule has 0 bridgehead atoms. The molecule has 1 nitrogen and oxygen atoms in total. The van der Waals surface area contributed by atoms with E-state index in [1.165, 1.54) is 27.6 Å². The molecule has 1 aromatic heterocycles. The van der Waals surface area contributed by atoms with E-state index < -0.39 is 0 Å². The third kappa shape index (κ3) is 3.30. The minimum absolute atomic E-state index is 0.157. The van der Waals surface area contributed by atoms with Gasteiger partial charge < -0.3 is 4.42 Å². The molecule has 3 aromatic carbocycles. The van der Waals surface area contributed by atoms with Crippen LogP contribution in [0.4, 0.5) is 0 Å². The summed E-state index contributed by atoms with van der Waals surface area (Å²) in [7, 11) is 0. The van der Waals surface area contributed by atoms with E-state index in [9.17, 15) is 0 Å². The molecule has 136 valence electrons. The van der Waals surface area contributed by atoms with Gasteiger partial charge in [-0.2, -0.15) is 0 Å². The first kappa shape index (κ1) is 17.6. The van der Waals surface area contributed by atoms with E-state index in [1.807, 2.05) is 0 Å². The Labute approximate surface area is 161 Å². The van der Waals surface area contributed by atoms with Gasteiger partial charge in [-0.15, -0.1) is 0 Å². The molecule has 0 spiro atoms. The van der Waals surface area contributed by atoms with Gasteiger partial charge in [-0.25, -0.2) is 0 Å². The second-order valence-corrected chi connectivity index (χ2v) is 8.17. The van der Waals surface area contributed by atoms with Gasteiger partial charge in [0, 0.05) is 16.5 Å². The quantitative estimate of drug-likeness (QED) is 0.368. The topological polar surface area (TPSA) is 13.1 Å². The molecular weight excluding hydrogens is 328 g/mol. The van der Waals surface area contributed by atoms with Crippen molar-refractivity contribution in [3.05, 3.63) is 83.9 Å². The molecule has 4 rings (SSSR count). The van der Waals surface area contributed by atoms with Gasteiger partial charge in [-0.3, -0.25) is 0 Å².